The van der Waals surface area contributed by atoms with Gasteiger partial charge in [-0.3, -0.25) is 4.79 Å². The van der Waals surface area contributed by atoms with Crippen LogP contribution < -0.4 is 4.90 Å². The molecule has 0 N–H and O–H groups in total. The predicted octanol–water partition coefficient (Wildman–Crippen LogP) is 3.69. The number of hydrogen-bond donors (Lipinski definition) is 0. The Hall–Kier alpha value is -2.16. The summed E-state index contributed by atoms with van der Waals surface area (Å²) in [6, 6.07) is 10.4. The molecule has 0 saturated carbocycles. The minimum Gasteiger partial charge on any atom is -0.345 e. The monoisotopic (exact) mass is 463 g/mol. The normalized spacial score (nSPS) is 15.0. The molecule has 0 aliphatic carbocycles. The molecule has 0 unspecified atom stereocenters. The zero-order valence-electron chi connectivity index (χ0n) is 16.8. The lowest BCUT2D eigenvalue weighted by Gasteiger charge is -2.34. The van der Waals surface area contributed by atoms with Gasteiger partial charge in [-0.25, -0.2) is 13.4 Å². The van der Waals surface area contributed by atoms with E-state index < -0.39 is 15.6 Å². The summed E-state index contributed by atoms with van der Waals surface area (Å²) in [5.74, 6) is -0.871. The first kappa shape index (κ1) is 21.1. The van der Waals surface area contributed by atoms with Gasteiger partial charge in [0, 0.05) is 26.2 Å². The van der Waals surface area contributed by atoms with E-state index in [2.05, 4.69) is 4.90 Å². The summed E-state index contributed by atoms with van der Waals surface area (Å²) in [5, 5.41) is 1.56. The molecule has 158 valence electrons. The van der Waals surface area contributed by atoms with Crippen LogP contribution in [0.3, 0.4) is 0 Å². The largest absolute Gasteiger partial charge is 0.345 e. The zero-order chi connectivity index (χ0) is 21.5. The minimum absolute atomic E-state index is 0.182. The molecule has 0 spiro atoms. The van der Waals surface area contributed by atoms with Crippen LogP contribution in [0.5, 0.6) is 0 Å². The van der Waals surface area contributed by atoms with Crippen molar-refractivity contribution in [2.45, 2.75) is 18.7 Å². The topological polar surface area (TPSA) is 70.6 Å². The van der Waals surface area contributed by atoms with Crippen LogP contribution in [0.4, 0.5) is 5.13 Å². The van der Waals surface area contributed by atoms with Gasteiger partial charge in [0.15, 0.2) is 15.0 Å². The second kappa shape index (κ2) is 8.17. The molecular weight excluding hydrogens is 442 g/mol. The number of hydrogen-bond acceptors (Lipinski definition) is 6. The zero-order valence-corrected chi connectivity index (χ0v) is 19.1. The minimum atomic E-state index is -3.65. The first-order chi connectivity index (χ1) is 14.2. The fourth-order valence-corrected chi connectivity index (χ4v) is 6.05. The van der Waals surface area contributed by atoms with Crippen LogP contribution in [0.15, 0.2) is 41.3 Å². The maximum atomic E-state index is 12.6. The summed E-state index contributed by atoms with van der Waals surface area (Å²) in [7, 11) is -3.65. The molecule has 4 rings (SSSR count). The van der Waals surface area contributed by atoms with Crippen molar-refractivity contribution in [1.29, 1.82) is 0 Å². The van der Waals surface area contributed by atoms with Crippen molar-refractivity contribution in [2.24, 2.45) is 0 Å². The van der Waals surface area contributed by atoms with Gasteiger partial charge in [-0.2, -0.15) is 0 Å². The van der Waals surface area contributed by atoms with Gasteiger partial charge in [-0.1, -0.05) is 46.7 Å². The van der Waals surface area contributed by atoms with Gasteiger partial charge < -0.3 is 9.80 Å². The van der Waals surface area contributed by atoms with Crippen LogP contribution in [0.2, 0.25) is 5.02 Å². The van der Waals surface area contributed by atoms with Crippen molar-refractivity contribution >= 4 is 54.0 Å². The quantitative estimate of drug-likeness (QED) is 0.590. The van der Waals surface area contributed by atoms with Gasteiger partial charge in [-0.05, 0) is 37.6 Å². The number of carbonyl (C=O) groups excluding carboxylic acids is 1. The molecule has 2 aromatic carbocycles. The molecule has 0 radical (unpaired) electrons. The summed E-state index contributed by atoms with van der Waals surface area (Å²) in [4.78, 5) is 21.3. The fourth-order valence-electron chi connectivity index (χ4n) is 3.46. The van der Waals surface area contributed by atoms with Gasteiger partial charge in [0.05, 0.1) is 20.1 Å². The fraction of sp³-hybridized carbons (Fsp3) is 0.333. The lowest BCUT2D eigenvalue weighted by Crippen LogP contribution is -2.50. The van der Waals surface area contributed by atoms with Gasteiger partial charge in [0.2, 0.25) is 5.91 Å². The molecule has 1 aliphatic rings. The second-order valence-corrected chi connectivity index (χ2v) is 10.9. The second-order valence-electron chi connectivity index (χ2n) is 7.48. The van der Waals surface area contributed by atoms with Crippen molar-refractivity contribution in [3.8, 4) is 0 Å². The van der Waals surface area contributed by atoms with Crippen LogP contribution in [-0.2, 0) is 14.6 Å². The maximum absolute atomic E-state index is 12.6. The van der Waals surface area contributed by atoms with E-state index in [0.717, 1.165) is 26.5 Å². The summed E-state index contributed by atoms with van der Waals surface area (Å²) >= 11 is 7.85. The number of aryl methyl sites for hydroxylation is 2. The Morgan fingerprint density at radius 3 is 2.37 bits per heavy atom. The predicted molar refractivity (Wildman–Crippen MR) is 121 cm³/mol. The molecule has 3 aromatic rings. The SMILES string of the molecule is Cc1ccc(S(=O)(=O)CC(=O)N2CCN(c3nc4c(C)ccc(Cl)c4s3)CC2)cc1. The highest BCUT2D eigenvalue weighted by atomic mass is 35.5. The van der Waals surface area contributed by atoms with E-state index in [-0.39, 0.29) is 10.8 Å². The Labute approximate surface area is 185 Å². The molecule has 30 heavy (non-hydrogen) atoms. The molecule has 1 aromatic heterocycles. The Morgan fingerprint density at radius 2 is 1.73 bits per heavy atom. The van der Waals surface area contributed by atoms with Crippen LogP contribution in [0, 0.1) is 13.8 Å². The van der Waals surface area contributed by atoms with Crippen molar-refractivity contribution in [2.75, 3.05) is 36.8 Å². The van der Waals surface area contributed by atoms with Gasteiger partial charge in [0.1, 0.15) is 5.75 Å². The molecule has 1 fully saturated rings. The number of sulfone groups is 1. The molecule has 1 saturated heterocycles. The Bertz CT molecular complexity index is 1160. The van der Waals surface area contributed by atoms with Crippen LogP contribution >= 0.6 is 22.9 Å². The first-order valence-corrected chi connectivity index (χ1v) is 12.5. The molecule has 6 nitrogen and oxygen atoms in total. The third-order valence-corrected chi connectivity index (χ3v) is 8.48. The van der Waals surface area contributed by atoms with Gasteiger partial charge in [-0.15, -0.1) is 0 Å². The number of carbonyl (C=O) groups is 1. The van der Waals surface area contributed by atoms with Crippen molar-refractivity contribution in [3.63, 3.8) is 0 Å². The molecular formula is C21H22ClN3O3S2. The highest BCUT2D eigenvalue weighted by Crippen LogP contribution is 2.35. The van der Waals surface area contributed by atoms with E-state index in [4.69, 9.17) is 16.6 Å². The Kier molecular flexibility index (Phi) is 5.74. The van der Waals surface area contributed by atoms with Crippen LogP contribution in [-0.4, -0.2) is 56.1 Å². The number of halogens is 1. The summed E-state index contributed by atoms with van der Waals surface area (Å²) < 4.78 is 26.1. The van der Waals surface area contributed by atoms with Crippen LogP contribution in [0.1, 0.15) is 11.1 Å². The van der Waals surface area contributed by atoms with Crippen molar-refractivity contribution in [3.05, 3.63) is 52.5 Å². The van der Waals surface area contributed by atoms with E-state index in [1.807, 2.05) is 26.0 Å². The highest BCUT2D eigenvalue weighted by molar-refractivity contribution is 7.92. The number of nitrogens with zero attached hydrogens (tertiary/aromatic N) is 3. The van der Waals surface area contributed by atoms with Gasteiger partial charge >= 0.3 is 0 Å². The van der Waals surface area contributed by atoms with Crippen LogP contribution in [0.25, 0.3) is 10.2 Å². The lowest BCUT2D eigenvalue weighted by atomic mass is 10.2. The summed E-state index contributed by atoms with van der Waals surface area (Å²) in [5.41, 5.74) is 2.96. The first-order valence-electron chi connectivity index (χ1n) is 9.62. The van der Waals surface area contributed by atoms with E-state index >= 15 is 0 Å². The third-order valence-electron chi connectivity index (χ3n) is 5.28. The number of amides is 1. The number of thiazole rings is 1. The standard InChI is InChI=1S/C21H22ClN3O3S2/c1-14-3-6-16(7-4-14)30(27,28)13-18(26)24-9-11-25(12-10-24)21-23-19-15(2)5-8-17(22)20(19)29-21/h3-8H,9-13H2,1-2H3. The van der Waals surface area contributed by atoms with E-state index in [0.29, 0.717) is 31.2 Å². The smallest absolute Gasteiger partial charge is 0.238 e. The number of piperazine rings is 1. The van der Waals surface area contributed by atoms with E-state index in [1.54, 1.807) is 40.5 Å². The van der Waals surface area contributed by atoms with Crippen molar-refractivity contribution < 1.29 is 13.2 Å². The lowest BCUT2D eigenvalue weighted by molar-refractivity contribution is -0.128. The highest BCUT2D eigenvalue weighted by Gasteiger charge is 2.27. The number of anilines is 1. The molecule has 1 amide bonds. The number of fused-ring (bicyclic) bond motifs is 1. The average molecular weight is 464 g/mol. The number of rotatable bonds is 4. The summed E-state index contributed by atoms with van der Waals surface area (Å²) in [6.45, 7) is 6.03. The summed E-state index contributed by atoms with van der Waals surface area (Å²) in [6.07, 6.45) is 0. The van der Waals surface area contributed by atoms with E-state index in [1.165, 1.54) is 0 Å². The molecule has 0 bridgehead atoms. The Balaban J connectivity index is 1.42. The number of aromatic nitrogens is 1. The maximum Gasteiger partial charge on any atom is 0.238 e. The van der Waals surface area contributed by atoms with Crippen molar-refractivity contribution in [1.82, 2.24) is 9.88 Å². The Morgan fingerprint density at radius 1 is 1.07 bits per heavy atom. The van der Waals surface area contributed by atoms with E-state index in [9.17, 15) is 13.2 Å². The molecule has 0 atom stereocenters. The molecule has 1 aliphatic heterocycles. The average Bonchev–Trinajstić information content (AvgIpc) is 3.18. The molecule has 9 heteroatoms. The van der Waals surface area contributed by atoms with Gasteiger partial charge in [0.25, 0.3) is 0 Å². The third kappa shape index (κ3) is 4.17. The molecule has 2 heterocycles. The number of benzene rings is 2.